The summed E-state index contributed by atoms with van der Waals surface area (Å²) in [6, 6.07) is 7.23. The van der Waals surface area contributed by atoms with Crippen LogP contribution in [0.1, 0.15) is 18.9 Å². The lowest BCUT2D eigenvalue weighted by Crippen LogP contribution is -2.42. The molecule has 2 atom stereocenters. The van der Waals surface area contributed by atoms with Gasteiger partial charge in [-0.3, -0.25) is 4.79 Å². The van der Waals surface area contributed by atoms with E-state index in [0.717, 1.165) is 11.3 Å². The van der Waals surface area contributed by atoms with E-state index in [1.807, 2.05) is 19.1 Å². The Morgan fingerprint density at radius 2 is 2.25 bits per heavy atom. The Balaban J connectivity index is 1.91. The zero-order chi connectivity index (χ0) is 14.5. The number of rotatable bonds is 5. The van der Waals surface area contributed by atoms with Gasteiger partial charge < -0.3 is 14.9 Å². The molecule has 0 radical (unpaired) electrons. The van der Waals surface area contributed by atoms with E-state index in [-0.39, 0.29) is 11.9 Å². The maximum absolute atomic E-state index is 12.0. The molecule has 5 nitrogen and oxygen atoms in total. The van der Waals surface area contributed by atoms with Crippen LogP contribution < -0.4 is 5.32 Å². The van der Waals surface area contributed by atoms with Crippen molar-refractivity contribution in [3.05, 3.63) is 34.9 Å². The van der Waals surface area contributed by atoms with Crippen LogP contribution in [0.15, 0.2) is 29.4 Å². The molecule has 20 heavy (non-hydrogen) atoms. The van der Waals surface area contributed by atoms with E-state index in [4.69, 9.17) is 21.2 Å². The molecule has 108 valence electrons. The smallest absolute Gasteiger partial charge is 0.264 e. The molecule has 0 aromatic heterocycles. The highest BCUT2D eigenvalue weighted by atomic mass is 35.5. The van der Waals surface area contributed by atoms with Gasteiger partial charge in [0.15, 0.2) is 0 Å². The number of nitrogens with one attached hydrogen (secondary N) is 1. The maximum Gasteiger partial charge on any atom is 0.264 e. The highest BCUT2D eigenvalue weighted by molar-refractivity contribution is 6.30. The van der Waals surface area contributed by atoms with Crippen LogP contribution >= 0.6 is 11.6 Å². The standard InChI is InChI=1S/C14H17ClN2O3/c1-9(8-19-2)16-14(18)13-7-12(17-20-13)10-3-5-11(15)6-4-10/h3-6,9,13H,7-8H2,1-2H3,(H,16,18). The predicted molar refractivity (Wildman–Crippen MR) is 77.0 cm³/mol. The number of hydrogen-bond donors (Lipinski definition) is 1. The van der Waals surface area contributed by atoms with Gasteiger partial charge in [0.2, 0.25) is 6.10 Å². The monoisotopic (exact) mass is 296 g/mol. The zero-order valence-electron chi connectivity index (χ0n) is 11.4. The average molecular weight is 297 g/mol. The summed E-state index contributed by atoms with van der Waals surface area (Å²) < 4.78 is 4.97. The highest BCUT2D eigenvalue weighted by Crippen LogP contribution is 2.18. The summed E-state index contributed by atoms with van der Waals surface area (Å²) in [5.74, 6) is -0.178. The van der Waals surface area contributed by atoms with Gasteiger partial charge in [-0.1, -0.05) is 28.9 Å². The van der Waals surface area contributed by atoms with Crippen LogP contribution in [-0.2, 0) is 14.4 Å². The molecule has 1 N–H and O–H groups in total. The first-order valence-electron chi connectivity index (χ1n) is 6.38. The number of amides is 1. The molecule has 1 heterocycles. The fourth-order valence-electron chi connectivity index (χ4n) is 1.96. The van der Waals surface area contributed by atoms with Gasteiger partial charge in [-0.15, -0.1) is 0 Å². The summed E-state index contributed by atoms with van der Waals surface area (Å²) in [4.78, 5) is 17.2. The number of carbonyl (C=O) groups excluding carboxylic acids is 1. The van der Waals surface area contributed by atoms with Crippen molar-refractivity contribution in [1.82, 2.24) is 5.32 Å². The number of hydrogen-bond acceptors (Lipinski definition) is 4. The van der Waals surface area contributed by atoms with Crippen molar-refractivity contribution >= 4 is 23.2 Å². The lowest BCUT2D eigenvalue weighted by molar-refractivity contribution is -0.132. The molecule has 0 aliphatic carbocycles. The molecule has 0 fully saturated rings. The van der Waals surface area contributed by atoms with E-state index in [1.54, 1.807) is 19.2 Å². The van der Waals surface area contributed by atoms with Gasteiger partial charge in [-0.2, -0.15) is 0 Å². The van der Waals surface area contributed by atoms with E-state index >= 15 is 0 Å². The summed E-state index contributed by atoms with van der Waals surface area (Å²) in [6.07, 6.45) is -0.132. The van der Waals surface area contributed by atoms with Crippen LogP contribution in [0.3, 0.4) is 0 Å². The normalized spacial score (nSPS) is 19.1. The first kappa shape index (κ1) is 14.8. The van der Waals surface area contributed by atoms with Gasteiger partial charge >= 0.3 is 0 Å². The number of carbonyl (C=O) groups is 1. The molecule has 1 aliphatic rings. The van der Waals surface area contributed by atoms with Gasteiger partial charge in [0.05, 0.1) is 12.3 Å². The quantitative estimate of drug-likeness (QED) is 0.904. The second kappa shape index (κ2) is 6.72. The molecule has 0 saturated heterocycles. The minimum atomic E-state index is -0.583. The summed E-state index contributed by atoms with van der Waals surface area (Å²) >= 11 is 5.84. The Hall–Kier alpha value is -1.59. The minimum Gasteiger partial charge on any atom is -0.383 e. The molecule has 2 rings (SSSR count). The van der Waals surface area contributed by atoms with Gasteiger partial charge in [0.25, 0.3) is 5.91 Å². The molecular formula is C14H17ClN2O3. The Morgan fingerprint density at radius 3 is 2.90 bits per heavy atom. The zero-order valence-corrected chi connectivity index (χ0v) is 12.2. The number of oxime groups is 1. The largest absolute Gasteiger partial charge is 0.383 e. The molecular weight excluding hydrogens is 280 g/mol. The van der Waals surface area contributed by atoms with Crippen LogP contribution in [0, 0.1) is 0 Å². The van der Waals surface area contributed by atoms with E-state index in [1.165, 1.54) is 0 Å². The maximum atomic E-state index is 12.0. The van der Waals surface area contributed by atoms with Crippen LogP contribution in [0.25, 0.3) is 0 Å². The van der Waals surface area contributed by atoms with Crippen molar-refractivity contribution in [2.24, 2.45) is 5.16 Å². The van der Waals surface area contributed by atoms with E-state index in [2.05, 4.69) is 10.5 Å². The predicted octanol–water partition coefficient (Wildman–Crippen LogP) is 1.98. The second-order valence-corrected chi connectivity index (χ2v) is 5.14. The van der Waals surface area contributed by atoms with Crippen LogP contribution in [0.2, 0.25) is 5.02 Å². The molecule has 6 heteroatoms. The van der Waals surface area contributed by atoms with Crippen molar-refractivity contribution in [2.45, 2.75) is 25.5 Å². The number of halogens is 1. The van der Waals surface area contributed by atoms with Gasteiger partial charge in [-0.25, -0.2) is 0 Å². The van der Waals surface area contributed by atoms with Gasteiger partial charge in [0.1, 0.15) is 0 Å². The van der Waals surface area contributed by atoms with Crippen LogP contribution in [0.5, 0.6) is 0 Å². The van der Waals surface area contributed by atoms with Gasteiger partial charge in [0, 0.05) is 24.6 Å². The topological polar surface area (TPSA) is 59.9 Å². The highest BCUT2D eigenvalue weighted by Gasteiger charge is 2.29. The fraction of sp³-hybridized carbons (Fsp3) is 0.429. The summed E-state index contributed by atoms with van der Waals surface area (Å²) in [7, 11) is 1.59. The molecule has 0 spiro atoms. The van der Waals surface area contributed by atoms with Gasteiger partial charge in [-0.05, 0) is 24.6 Å². The van der Waals surface area contributed by atoms with E-state index in [9.17, 15) is 4.79 Å². The Labute approximate surface area is 122 Å². The molecule has 0 bridgehead atoms. The van der Waals surface area contributed by atoms with Crippen molar-refractivity contribution in [3.8, 4) is 0 Å². The average Bonchev–Trinajstić information content (AvgIpc) is 2.89. The molecule has 1 aromatic rings. The molecule has 1 aliphatic heterocycles. The lowest BCUT2D eigenvalue weighted by atomic mass is 10.0. The third-order valence-electron chi connectivity index (χ3n) is 2.94. The summed E-state index contributed by atoms with van der Waals surface area (Å²) in [5, 5.41) is 7.46. The van der Waals surface area contributed by atoms with Crippen molar-refractivity contribution in [3.63, 3.8) is 0 Å². The minimum absolute atomic E-state index is 0.0596. The summed E-state index contributed by atoms with van der Waals surface area (Å²) in [6.45, 7) is 2.33. The number of methoxy groups -OCH3 is 1. The third-order valence-corrected chi connectivity index (χ3v) is 3.20. The van der Waals surface area contributed by atoms with Crippen LogP contribution in [0.4, 0.5) is 0 Å². The first-order chi connectivity index (χ1) is 9.60. The molecule has 1 amide bonds. The van der Waals surface area contributed by atoms with E-state index < -0.39 is 6.10 Å². The van der Waals surface area contributed by atoms with Crippen LogP contribution in [-0.4, -0.2) is 37.5 Å². The first-order valence-corrected chi connectivity index (χ1v) is 6.76. The molecule has 0 saturated carbocycles. The third kappa shape index (κ3) is 3.71. The Kier molecular flexibility index (Phi) is 4.98. The fourth-order valence-corrected chi connectivity index (χ4v) is 2.08. The Morgan fingerprint density at radius 1 is 1.55 bits per heavy atom. The number of ether oxygens (including phenoxy) is 1. The van der Waals surface area contributed by atoms with Crippen molar-refractivity contribution in [1.29, 1.82) is 0 Å². The lowest BCUT2D eigenvalue weighted by Gasteiger charge is -2.15. The SMILES string of the molecule is COCC(C)NC(=O)C1CC(c2ccc(Cl)cc2)=NO1. The second-order valence-electron chi connectivity index (χ2n) is 4.71. The summed E-state index contributed by atoms with van der Waals surface area (Å²) in [5.41, 5.74) is 1.66. The van der Waals surface area contributed by atoms with E-state index in [0.29, 0.717) is 18.1 Å². The van der Waals surface area contributed by atoms with Crippen molar-refractivity contribution in [2.75, 3.05) is 13.7 Å². The molecule has 2 unspecified atom stereocenters. The number of benzene rings is 1. The Bertz CT molecular complexity index is 502. The van der Waals surface area contributed by atoms with Crippen molar-refractivity contribution < 1.29 is 14.4 Å². The number of nitrogens with zero attached hydrogens (tertiary/aromatic N) is 1. The molecule has 1 aromatic carbocycles.